The van der Waals surface area contributed by atoms with Crippen molar-refractivity contribution in [1.29, 1.82) is 0 Å². The first-order chi connectivity index (χ1) is 7.95. The summed E-state index contributed by atoms with van der Waals surface area (Å²) in [5, 5.41) is 3.35. The Morgan fingerprint density at radius 2 is 2.06 bits per heavy atom. The monoisotopic (exact) mass is 242 g/mol. The third-order valence-corrected chi connectivity index (χ3v) is 3.07. The number of carbonyl (C=O) groups is 1. The van der Waals surface area contributed by atoms with Crippen molar-refractivity contribution in [3.8, 4) is 0 Å². The van der Waals surface area contributed by atoms with Crippen molar-refractivity contribution in [2.24, 2.45) is 5.92 Å². The first-order valence-corrected chi connectivity index (χ1v) is 6.63. The first kappa shape index (κ1) is 14.5. The lowest BCUT2D eigenvalue weighted by Crippen LogP contribution is -2.42. The number of hydrogen-bond donors (Lipinski definition) is 1. The summed E-state index contributed by atoms with van der Waals surface area (Å²) in [6.07, 6.45) is 1.26. The number of carbonyl (C=O) groups excluding carboxylic acids is 1. The van der Waals surface area contributed by atoms with Crippen LogP contribution >= 0.6 is 0 Å². The summed E-state index contributed by atoms with van der Waals surface area (Å²) >= 11 is 0. The summed E-state index contributed by atoms with van der Waals surface area (Å²) in [6, 6.07) is -0.0624. The maximum Gasteiger partial charge on any atom is 0.240 e. The molecule has 0 aromatic carbocycles. The summed E-state index contributed by atoms with van der Waals surface area (Å²) in [5.74, 6) is 0.776. The Bertz CT molecular complexity index is 256. The van der Waals surface area contributed by atoms with Crippen LogP contribution < -0.4 is 5.32 Å². The van der Waals surface area contributed by atoms with Crippen LogP contribution in [-0.4, -0.2) is 42.3 Å². The van der Waals surface area contributed by atoms with Gasteiger partial charge in [-0.2, -0.15) is 0 Å². The van der Waals surface area contributed by atoms with Gasteiger partial charge in [0.2, 0.25) is 5.91 Å². The fourth-order valence-corrected chi connectivity index (χ4v) is 2.33. The van der Waals surface area contributed by atoms with E-state index in [1.54, 1.807) is 0 Å². The van der Waals surface area contributed by atoms with E-state index in [0.717, 1.165) is 6.42 Å². The molecule has 17 heavy (non-hydrogen) atoms. The van der Waals surface area contributed by atoms with E-state index >= 15 is 0 Å². The molecule has 1 rings (SSSR count). The Labute approximate surface area is 105 Å². The molecule has 0 bridgehead atoms. The first-order valence-electron chi connectivity index (χ1n) is 6.63. The van der Waals surface area contributed by atoms with Crippen molar-refractivity contribution in [1.82, 2.24) is 10.2 Å². The molecule has 0 saturated carbocycles. The molecular weight excluding hydrogens is 216 g/mol. The molecule has 0 radical (unpaired) electrons. The second kappa shape index (κ2) is 6.36. The number of rotatable bonds is 6. The maximum atomic E-state index is 12.0. The SMILES string of the molecule is CCOC(C)CN1C(=O)C(C)NC1CC(C)C. The minimum Gasteiger partial charge on any atom is -0.377 e. The standard InChI is InChI=1S/C13H26N2O2/c1-6-17-10(4)8-15-12(7-9(2)3)14-11(5)13(15)16/h9-12,14H,6-8H2,1-5H3. The summed E-state index contributed by atoms with van der Waals surface area (Å²) < 4.78 is 5.52. The average molecular weight is 242 g/mol. The fraction of sp³-hybridized carbons (Fsp3) is 0.923. The van der Waals surface area contributed by atoms with Crippen molar-refractivity contribution >= 4 is 5.91 Å². The molecule has 4 heteroatoms. The molecule has 1 aliphatic heterocycles. The van der Waals surface area contributed by atoms with Crippen LogP contribution in [0.25, 0.3) is 0 Å². The zero-order chi connectivity index (χ0) is 13.0. The van der Waals surface area contributed by atoms with Gasteiger partial charge in [-0.15, -0.1) is 0 Å². The number of nitrogens with one attached hydrogen (secondary N) is 1. The summed E-state index contributed by atoms with van der Waals surface area (Å²) in [4.78, 5) is 14.0. The van der Waals surface area contributed by atoms with E-state index in [2.05, 4.69) is 19.2 Å². The Morgan fingerprint density at radius 3 is 2.59 bits per heavy atom. The lowest BCUT2D eigenvalue weighted by molar-refractivity contribution is -0.131. The number of amides is 1. The van der Waals surface area contributed by atoms with Gasteiger partial charge in [0.25, 0.3) is 0 Å². The van der Waals surface area contributed by atoms with Gasteiger partial charge in [-0.05, 0) is 33.1 Å². The third-order valence-electron chi connectivity index (χ3n) is 3.07. The summed E-state index contributed by atoms with van der Waals surface area (Å²) in [5.41, 5.74) is 0. The second-order valence-corrected chi connectivity index (χ2v) is 5.29. The molecule has 0 spiro atoms. The number of hydrogen-bond acceptors (Lipinski definition) is 3. The highest BCUT2D eigenvalue weighted by Gasteiger charge is 2.36. The van der Waals surface area contributed by atoms with E-state index in [1.807, 2.05) is 25.7 Å². The molecule has 1 amide bonds. The van der Waals surface area contributed by atoms with E-state index in [4.69, 9.17) is 4.74 Å². The van der Waals surface area contributed by atoms with E-state index < -0.39 is 0 Å². The van der Waals surface area contributed by atoms with Gasteiger partial charge in [-0.25, -0.2) is 0 Å². The molecule has 3 atom stereocenters. The van der Waals surface area contributed by atoms with E-state index in [0.29, 0.717) is 19.1 Å². The quantitative estimate of drug-likeness (QED) is 0.769. The maximum absolute atomic E-state index is 12.0. The predicted molar refractivity (Wildman–Crippen MR) is 68.6 cm³/mol. The third kappa shape index (κ3) is 3.96. The normalized spacial score (nSPS) is 26.9. The van der Waals surface area contributed by atoms with Crippen molar-refractivity contribution in [2.75, 3.05) is 13.2 Å². The van der Waals surface area contributed by atoms with Crippen molar-refractivity contribution in [3.63, 3.8) is 0 Å². The molecule has 100 valence electrons. The van der Waals surface area contributed by atoms with E-state index in [1.165, 1.54) is 0 Å². The highest BCUT2D eigenvalue weighted by molar-refractivity contribution is 5.83. The summed E-state index contributed by atoms with van der Waals surface area (Å²) in [7, 11) is 0. The molecule has 3 unspecified atom stereocenters. The molecule has 1 fully saturated rings. The number of ether oxygens (including phenoxy) is 1. The molecule has 1 saturated heterocycles. The summed E-state index contributed by atoms with van der Waals surface area (Å²) in [6.45, 7) is 11.7. The largest absolute Gasteiger partial charge is 0.377 e. The van der Waals surface area contributed by atoms with Crippen LogP contribution in [0.1, 0.15) is 41.0 Å². The lowest BCUT2D eigenvalue weighted by atomic mass is 10.1. The zero-order valence-corrected chi connectivity index (χ0v) is 11.7. The molecule has 1 heterocycles. The van der Waals surface area contributed by atoms with Crippen LogP contribution in [0.15, 0.2) is 0 Å². The highest BCUT2D eigenvalue weighted by atomic mass is 16.5. The molecule has 0 aromatic heterocycles. The van der Waals surface area contributed by atoms with E-state index in [9.17, 15) is 4.79 Å². The Kier molecular flexibility index (Phi) is 5.40. The lowest BCUT2D eigenvalue weighted by Gasteiger charge is -2.28. The zero-order valence-electron chi connectivity index (χ0n) is 11.7. The van der Waals surface area contributed by atoms with Gasteiger partial charge in [-0.3, -0.25) is 10.1 Å². The van der Waals surface area contributed by atoms with Crippen LogP contribution in [0.2, 0.25) is 0 Å². The molecule has 1 N–H and O–H groups in total. The van der Waals surface area contributed by atoms with Crippen molar-refractivity contribution < 1.29 is 9.53 Å². The highest BCUT2D eigenvalue weighted by Crippen LogP contribution is 2.18. The molecule has 0 aromatic rings. The molecule has 0 aliphatic carbocycles. The Hall–Kier alpha value is -0.610. The van der Waals surface area contributed by atoms with Crippen molar-refractivity contribution in [3.05, 3.63) is 0 Å². The van der Waals surface area contributed by atoms with Gasteiger partial charge in [0.1, 0.15) is 0 Å². The van der Waals surface area contributed by atoms with Gasteiger partial charge in [0, 0.05) is 13.2 Å². The second-order valence-electron chi connectivity index (χ2n) is 5.29. The van der Waals surface area contributed by atoms with Crippen molar-refractivity contribution in [2.45, 2.75) is 59.4 Å². The van der Waals surface area contributed by atoms with Crippen LogP contribution in [-0.2, 0) is 9.53 Å². The Balaban J connectivity index is 2.60. The van der Waals surface area contributed by atoms with Crippen LogP contribution in [0.3, 0.4) is 0 Å². The minimum atomic E-state index is -0.0624. The predicted octanol–water partition coefficient (Wildman–Crippen LogP) is 1.60. The van der Waals surface area contributed by atoms with Gasteiger partial charge in [0.15, 0.2) is 0 Å². The van der Waals surface area contributed by atoms with Gasteiger partial charge in [-0.1, -0.05) is 13.8 Å². The van der Waals surface area contributed by atoms with E-state index in [-0.39, 0.29) is 24.2 Å². The smallest absolute Gasteiger partial charge is 0.240 e. The molecule has 1 aliphatic rings. The minimum absolute atomic E-state index is 0.0624. The molecule has 4 nitrogen and oxygen atoms in total. The Morgan fingerprint density at radius 1 is 1.41 bits per heavy atom. The fourth-order valence-electron chi connectivity index (χ4n) is 2.33. The van der Waals surface area contributed by atoms with Crippen LogP contribution in [0.4, 0.5) is 0 Å². The van der Waals surface area contributed by atoms with Crippen LogP contribution in [0.5, 0.6) is 0 Å². The van der Waals surface area contributed by atoms with Gasteiger partial charge in [0.05, 0.1) is 18.3 Å². The van der Waals surface area contributed by atoms with Gasteiger partial charge < -0.3 is 9.64 Å². The van der Waals surface area contributed by atoms with Crippen LogP contribution in [0, 0.1) is 5.92 Å². The van der Waals surface area contributed by atoms with Gasteiger partial charge >= 0.3 is 0 Å². The average Bonchev–Trinajstić information content (AvgIpc) is 2.45. The number of nitrogens with zero attached hydrogens (tertiary/aromatic N) is 1. The molecular formula is C13H26N2O2. The topological polar surface area (TPSA) is 41.6 Å².